The van der Waals surface area contributed by atoms with E-state index in [0.29, 0.717) is 36.5 Å². The maximum absolute atomic E-state index is 12.7. The summed E-state index contributed by atoms with van der Waals surface area (Å²) in [5.41, 5.74) is 1.06. The maximum Gasteiger partial charge on any atom is 0.255 e. The average molecular weight is 385 g/mol. The third kappa shape index (κ3) is 4.17. The van der Waals surface area contributed by atoms with Crippen molar-refractivity contribution in [2.24, 2.45) is 0 Å². The number of carbonyl (C=O) groups excluding carboxylic acids is 1. The Labute approximate surface area is 158 Å². The van der Waals surface area contributed by atoms with E-state index in [9.17, 15) is 13.2 Å². The number of para-hydroxylation sites is 1. The molecule has 140 valence electrons. The molecule has 1 amide bonds. The van der Waals surface area contributed by atoms with Crippen LogP contribution in [0.5, 0.6) is 0 Å². The summed E-state index contributed by atoms with van der Waals surface area (Å²) < 4.78 is 32.2. The van der Waals surface area contributed by atoms with E-state index in [2.05, 4.69) is 5.32 Å². The minimum absolute atomic E-state index is 0.130. The van der Waals surface area contributed by atoms with E-state index in [-0.39, 0.29) is 11.0 Å². The van der Waals surface area contributed by atoms with Gasteiger partial charge in [-0.05, 0) is 43.3 Å². The van der Waals surface area contributed by atoms with Gasteiger partial charge in [-0.2, -0.15) is 9.57 Å². The molecule has 0 bridgehead atoms. The summed E-state index contributed by atoms with van der Waals surface area (Å²) in [6.07, 6.45) is -0.154. The van der Waals surface area contributed by atoms with Crippen LogP contribution in [0.1, 0.15) is 22.8 Å². The molecule has 2 aromatic rings. The van der Waals surface area contributed by atoms with E-state index >= 15 is 0 Å². The topological polar surface area (TPSA) is 99.5 Å². The van der Waals surface area contributed by atoms with E-state index in [1.807, 2.05) is 13.0 Å². The van der Waals surface area contributed by atoms with Crippen LogP contribution < -0.4 is 5.32 Å². The number of ether oxygens (including phenoxy) is 1. The summed E-state index contributed by atoms with van der Waals surface area (Å²) in [4.78, 5) is 12.5. The Kier molecular flexibility index (Phi) is 5.56. The number of morpholine rings is 1. The molecular formula is C19H19N3O4S. The highest BCUT2D eigenvalue weighted by Crippen LogP contribution is 2.20. The second-order valence-corrected chi connectivity index (χ2v) is 8.12. The molecular weight excluding hydrogens is 366 g/mol. The van der Waals surface area contributed by atoms with Crippen molar-refractivity contribution in [2.75, 3.05) is 25.0 Å². The molecule has 0 saturated carbocycles. The molecule has 1 saturated heterocycles. The number of hydrogen-bond donors (Lipinski definition) is 1. The number of nitrogens with one attached hydrogen (secondary N) is 1. The first-order chi connectivity index (χ1) is 12.9. The second kappa shape index (κ2) is 7.88. The molecule has 0 radical (unpaired) electrons. The van der Waals surface area contributed by atoms with Crippen molar-refractivity contribution >= 4 is 21.6 Å². The highest BCUT2D eigenvalue weighted by Gasteiger charge is 2.29. The smallest absolute Gasteiger partial charge is 0.255 e. The summed E-state index contributed by atoms with van der Waals surface area (Å²) in [5, 5.41) is 11.8. The van der Waals surface area contributed by atoms with Crippen molar-refractivity contribution in [1.82, 2.24) is 4.31 Å². The molecule has 1 fully saturated rings. The van der Waals surface area contributed by atoms with Crippen molar-refractivity contribution in [2.45, 2.75) is 17.9 Å². The lowest BCUT2D eigenvalue weighted by Crippen LogP contribution is -2.44. The fourth-order valence-electron chi connectivity index (χ4n) is 2.82. The molecule has 1 aliphatic rings. The van der Waals surface area contributed by atoms with E-state index in [0.717, 1.165) is 0 Å². The summed E-state index contributed by atoms with van der Waals surface area (Å²) in [6, 6.07) is 14.4. The van der Waals surface area contributed by atoms with Gasteiger partial charge in [-0.15, -0.1) is 0 Å². The number of rotatable bonds is 4. The quantitative estimate of drug-likeness (QED) is 0.870. The monoisotopic (exact) mass is 385 g/mol. The fraction of sp³-hybridized carbons (Fsp3) is 0.263. The molecule has 1 N–H and O–H groups in total. The third-order valence-corrected chi connectivity index (χ3v) is 6.13. The van der Waals surface area contributed by atoms with Gasteiger partial charge in [-0.1, -0.05) is 12.1 Å². The Morgan fingerprint density at radius 1 is 1.22 bits per heavy atom. The summed E-state index contributed by atoms with van der Waals surface area (Å²) in [6.45, 7) is 2.79. The Morgan fingerprint density at radius 2 is 1.93 bits per heavy atom. The van der Waals surface area contributed by atoms with Crippen molar-refractivity contribution < 1.29 is 17.9 Å². The first kappa shape index (κ1) is 19.0. The summed E-state index contributed by atoms with van der Waals surface area (Å²) >= 11 is 0. The Balaban J connectivity index is 1.77. The van der Waals surface area contributed by atoms with E-state index in [4.69, 9.17) is 10.00 Å². The van der Waals surface area contributed by atoms with Gasteiger partial charge < -0.3 is 10.1 Å². The highest BCUT2D eigenvalue weighted by molar-refractivity contribution is 7.89. The van der Waals surface area contributed by atoms with Gasteiger partial charge in [0.05, 0.1) is 28.9 Å². The fourth-order valence-corrected chi connectivity index (χ4v) is 4.32. The standard InChI is InChI=1S/C19H19N3O4S/c1-14-13-22(10-11-26-14)27(24,25)17-8-6-15(7-9-17)19(23)21-18-5-3-2-4-16(18)12-20/h2-9,14H,10-11,13H2,1H3,(H,21,23). The molecule has 0 aromatic heterocycles. The molecule has 3 rings (SSSR count). The van der Waals surface area contributed by atoms with Gasteiger partial charge in [0, 0.05) is 18.7 Å². The number of nitriles is 1. The molecule has 0 spiro atoms. The first-order valence-electron chi connectivity index (χ1n) is 8.44. The van der Waals surface area contributed by atoms with Gasteiger partial charge in [-0.3, -0.25) is 4.79 Å². The maximum atomic E-state index is 12.7. The summed E-state index contributed by atoms with van der Waals surface area (Å²) in [5.74, 6) is -0.415. The van der Waals surface area contributed by atoms with Crippen LogP contribution in [0.25, 0.3) is 0 Å². The van der Waals surface area contributed by atoms with E-state index in [1.165, 1.54) is 28.6 Å². The zero-order valence-electron chi connectivity index (χ0n) is 14.8. The lowest BCUT2D eigenvalue weighted by atomic mass is 10.1. The Hall–Kier alpha value is -2.73. The van der Waals surface area contributed by atoms with E-state index < -0.39 is 15.9 Å². The molecule has 2 aromatic carbocycles. The Morgan fingerprint density at radius 3 is 2.59 bits per heavy atom. The van der Waals surface area contributed by atoms with Crippen molar-refractivity contribution in [1.29, 1.82) is 5.26 Å². The molecule has 1 atom stereocenters. The van der Waals surface area contributed by atoms with Crippen LogP contribution in [0.15, 0.2) is 53.4 Å². The van der Waals surface area contributed by atoms with Crippen LogP contribution in [-0.2, 0) is 14.8 Å². The van der Waals surface area contributed by atoms with Crippen molar-refractivity contribution in [3.63, 3.8) is 0 Å². The molecule has 27 heavy (non-hydrogen) atoms. The van der Waals surface area contributed by atoms with Crippen molar-refractivity contribution in [3.8, 4) is 6.07 Å². The molecule has 1 heterocycles. The highest BCUT2D eigenvalue weighted by atomic mass is 32.2. The van der Waals surface area contributed by atoms with Crippen molar-refractivity contribution in [3.05, 3.63) is 59.7 Å². The van der Waals surface area contributed by atoms with Gasteiger partial charge in [-0.25, -0.2) is 8.42 Å². The largest absolute Gasteiger partial charge is 0.376 e. The molecule has 1 unspecified atom stereocenters. The van der Waals surface area contributed by atoms with Gasteiger partial charge in [0.1, 0.15) is 6.07 Å². The molecule has 1 aliphatic heterocycles. The second-order valence-electron chi connectivity index (χ2n) is 6.18. The predicted octanol–water partition coefficient (Wildman–Crippen LogP) is 2.22. The third-order valence-electron chi connectivity index (χ3n) is 4.25. The number of nitrogens with zero attached hydrogens (tertiary/aromatic N) is 2. The minimum atomic E-state index is -3.63. The number of carbonyl (C=O) groups is 1. The average Bonchev–Trinajstić information content (AvgIpc) is 2.68. The molecule has 8 heteroatoms. The first-order valence-corrected chi connectivity index (χ1v) is 9.88. The van der Waals surface area contributed by atoms with Crippen LogP contribution in [0.2, 0.25) is 0 Å². The number of anilines is 1. The Bertz CT molecular complexity index is 981. The van der Waals surface area contributed by atoms with Crippen LogP contribution >= 0.6 is 0 Å². The lowest BCUT2D eigenvalue weighted by molar-refractivity contribution is 0.0102. The van der Waals surface area contributed by atoms with Crippen LogP contribution in [0, 0.1) is 11.3 Å². The number of amides is 1. The van der Waals surface area contributed by atoms with Crippen LogP contribution in [-0.4, -0.2) is 44.4 Å². The van der Waals surface area contributed by atoms with Gasteiger partial charge >= 0.3 is 0 Å². The number of sulfonamides is 1. The van der Waals surface area contributed by atoms with Gasteiger partial charge in [0.15, 0.2) is 0 Å². The number of benzene rings is 2. The lowest BCUT2D eigenvalue weighted by Gasteiger charge is -2.30. The van der Waals surface area contributed by atoms with Crippen LogP contribution in [0.4, 0.5) is 5.69 Å². The van der Waals surface area contributed by atoms with Crippen LogP contribution in [0.3, 0.4) is 0 Å². The SMILES string of the molecule is CC1CN(S(=O)(=O)c2ccc(C(=O)Nc3ccccc3C#N)cc2)CCO1. The zero-order chi connectivity index (χ0) is 19.4. The zero-order valence-corrected chi connectivity index (χ0v) is 15.6. The molecule has 0 aliphatic carbocycles. The van der Waals surface area contributed by atoms with Gasteiger partial charge in [0.2, 0.25) is 10.0 Å². The van der Waals surface area contributed by atoms with E-state index in [1.54, 1.807) is 24.3 Å². The summed E-state index contributed by atoms with van der Waals surface area (Å²) in [7, 11) is -3.63. The van der Waals surface area contributed by atoms with Gasteiger partial charge in [0.25, 0.3) is 5.91 Å². The normalized spacial score (nSPS) is 17.9. The molecule has 7 nitrogen and oxygen atoms in total. The number of hydrogen-bond acceptors (Lipinski definition) is 5. The minimum Gasteiger partial charge on any atom is -0.376 e. The predicted molar refractivity (Wildman–Crippen MR) is 99.7 cm³/mol.